The lowest BCUT2D eigenvalue weighted by atomic mass is 10.2. The minimum absolute atomic E-state index is 0.132. The van der Waals surface area contributed by atoms with Crippen molar-refractivity contribution < 1.29 is 8.42 Å². The minimum Gasteiger partial charge on any atom is -0.344 e. The van der Waals surface area contributed by atoms with Crippen LogP contribution in [0.1, 0.15) is 25.7 Å². The van der Waals surface area contributed by atoms with Gasteiger partial charge in [-0.05, 0) is 25.7 Å². The maximum Gasteiger partial charge on any atom is 0.214 e. The average molecular weight is 287 g/mol. The van der Waals surface area contributed by atoms with Gasteiger partial charge in [-0.3, -0.25) is 0 Å². The molecular formula is C11H17N3O2S2. The summed E-state index contributed by atoms with van der Waals surface area (Å²) in [6.07, 6.45) is 5.57. The Kier molecular flexibility index (Phi) is 3.29. The molecule has 2 aliphatic rings. The molecule has 3 rings (SSSR count). The lowest BCUT2D eigenvalue weighted by molar-refractivity contribution is 0.566. The lowest BCUT2D eigenvalue weighted by Crippen LogP contribution is -2.41. The van der Waals surface area contributed by atoms with Crippen molar-refractivity contribution in [1.29, 1.82) is 0 Å². The summed E-state index contributed by atoms with van der Waals surface area (Å²) in [5, 5.41) is 2.83. The maximum atomic E-state index is 11.8. The van der Waals surface area contributed by atoms with Crippen molar-refractivity contribution in [3.05, 3.63) is 11.6 Å². The van der Waals surface area contributed by atoms with E-state index in [1.807, 2.05) is 5.38 Å². The van der Waals surface area contributed by atoms with Gasteiger partial charge < -0.3 is 4.90 Å². The molecule has 0 radical (unpaired) electrons. The summed E-state index contributed by atoms with van der Waals surface area (Å²) < 4.78 is 26.4. The highest BCUT2D eigenvalue weighted by molar-refractivity contribution is 7.90. The molecule has 1 unspecified atom stereocenters. The van der Waals surface area contributed by atoms with Gasteiger partial charge in [0.1, 0.15) is 0 Å². The first-order valence-corrected chi connectivity index (χ1v) is 8.74. The molecule has 5 nitrogen and oxygen atoms in total. The van der Waals surface area contributed by atoms with Crippen LogP contribution in [0.5, 0.6) is 0 Å². The Bertz CT molecular complexity index is 496. The van der Waals surface area contributed by atoms with E-state index in [9.17, 15) is 8.42 Å². The first-order valence-electron chi connectivity index (χ1n) is 6.31. The molecule has 0 aromatic carbocycles. The molecular weight excluding hydrogens is 270 g/mol. The van der Waals surface area contributed by atoms with Crippen LogP contribution in [0.2, 0.25) is 0 Å². The van der Waals surface area contributed by atoms with Gasteiger partial charge >= 0.3 is 0 Å². The number of rotatable bonds is 5. The Balaban J connectivity index is 1.62. The van der Waals surface area contributed by atoms with Crippen LogP contribution in [0.3, 0.4) is 0 Å². The van der Waals surface area contributed by atoms with E-state index in [0.29, 0.717) is 6.54 Å². The van der Waals surface area contributed by atoms with E-state index < -0.39 is 10.0 Å². The second kappa shape index (κ2) is 4.79. The smallest absolute Gasteiger partial charge is 0.214 e. The van der Waals surface area contributed by atoms with Crippen LogP contribution in [0, 0.1) is 0 Å². The van der Waals surface area contributed by atoms with E-state index >= 15 is 0 Å². The molecule has 100 valence electrons. The highest BCUT2D eigenvalue weighted by atomic mass is 32.2. The van der Waals surface area contributed by atoms with Crippen LogP contribution in [0.25, 0.3) is 0 Å². The van der Waals surface area contributed by atoms with Gasteiger partial charge in [0.25, 0.3) is 0 Å². The molecule has 1 aliphatic carbocycles. The normalized spacial score (nSPS) is 24.7. The van der Waals surface area contributed by atoms with E-state index in [2.05, 4.69) is 14.6 Å². The summed E-state index contributed by atoms with van der Waals surface area (Å²) in [7, 11) is -3.06. The van der Waals surface area contributed by atoms with Crippen LogP contribution in [0.15, 0.2) is 11.6 Å². The first kappa shape index (κ1) is 12.4. The van der Waals surface area contributed by atoms with Gasteiger partial charge in [-0.1, -0.05) is 0 Å². The zero-order valence-electron chi connectivity index (χ0n) is 10.1. The first-order chi connectivity index (χ1) is 8.67. The van der Waals surface area contributed by atoms with Gasteiger partial charge in [-0.2, -0.15) is 0 Å². The lowest BCUT2D eigenvalue weighted by Gasteiger charge is -2.24. The van der Waals surface area contributed by atoms with Gasteiger partial charge in [0.2, 0.25) is 10.0 Å². The number of nitrogens with one attached hydrogen (secondary N) is 1. The fourth-order valence-electron chi connectivity index (χ4n) is 2.37. The van der Waals surface area contributed by atoms with Crippen molar-refractivity contribution >= 4 is 26.5 Å². The standard InChI is InChI=1S/C11H17N3O2S2/c15-18(16,10-3-4-10)13-8-9-2-1-6-14(9)11-12-5-7-17-11/h5,7,9-10,13H,1-4,6,8H2. The average Bonchev–Trinajstić information content (AvgIpc) is 2.91. The number of aromatic nitrogens is 1. The molecule has 1 saturated heterocycles. The predicted octanol–water partition coefficient (Wildman–Crippen LogP) is 1.19. The number of thiazole rings is 1. The predicted molar refractivity (Wildman–Crippen MR) is 72.4 cm³/mol. The fraction of sp³-hybridized carbons (Fsp3) is 0.727. The largest absolute Gasteiger partial charge is 0.344 e. The van der Waals surface area contributed by atoms with Crippen molar-refractivity contribution in [2.75, 3.05) is 18.0 Å². The van der Waals surface area contributed by atoms with Gasteiger partial charge in [-0.25, -0.2) is 18.1 Å². The molecule has 0 spiro atoms. The Morgan fingerprint density at radius 1 is 1.44 bits per heavy atom. The van der Waals surface area contributed by atoms with E-state index in [-0.39, 0.29) is 11.3 Å². The monoisotopic (exact) mass is 287 g/mol. The Labute approximate surface area is 111 Å². The van der Waals surface area contributed by atoms with Crippen LogP contribution >= 0.6 is 11.3 Å². The van der Waals surface area contributed by atoms with Gasteiger partial charge in [0, 0.05) is 30.7 Å². The second-order valence-electron chi connectivity index (χ2n) is 4.90. The molecule has 1 N–H and O–H groups in total. The third-order valence-electron chi connectivity index (χ3n) is 3.53. The summed E-state index contributed by atoms with van der Waals surface area (Å²) in [6.45, 7) is 1.49. The van der Waals surface area contributed by atoms with Crippen molar-refractivity contribution in [1.82, 2.24) is 9.71 Å². The van der Waals surface area contributed by atoms with E-state index in [4.69, 9.17) is 0 Å². The van der Waals surface area contributed by atoms with Crippen LogP contribution < -0.4 is 9.62 Å². The molecule has 1 atom stereocenters. The molecule has 0 bridgehead atoms. The van der Waals surface area contributed by atoms with Gasteiger partial charge in [-0.15, -0.1) is 11.3 Å². The maximum absolute atomic E-state index is 11.8. The molecule has 1 aliphatic heterocycles. The summed E-state index contributed by atoms with van der Waals surface area (Å²) in [4.78, 5) is 6.53. The Morgan fingerprint density at radius 3 is 2.94 bits per heavy atom. The SMILES string of the molecule is O=S(=O)(NCC1CCCN1c1nccs1)C1CC1. The zero-order valence-corrected chi connectivity index (χ0v) is 11.7. The number of sulfonamides is 1. The van der Waals surface area contributed by atoms with Gasteiger partial charge in [0.05, 0.1) is 5.25 Å². The molecule has 2 heterocycles. The molecule has 1 aromatic rings. The van der Waals surface area contributed by atoms with E-state index in [0.717, 1.165) is 37.4 Å². The number of anilines is 1. The Hall–Kier alpha value is -0.660. The molecule has 1 aromatic heterocycles. The van der Waals surface area contributed by atoms with Crippen molar-refractivity contribution in [2.24, 2.45) is 0 Å². The minimum atomic E-state index is -3.06. The highest BCUT2D eigenvalue weighted by Crippen LogP contribution is 2.29. The van der Waals surface area contributed by atoms with Gasteiger partial charge in [0.15, 0.2) is 5.13 Å². The number of nitrogens with zero attached hydrogens (tertiary/aromatic N) is 2. The van der Waals surface area contributed by atoms with Crippen molar-refractivity contribution in [2.45, 2.75) is 37.0 Å². The van der Waals surface area contributed by atoms with E-state index in [1.54, 1.807) is 17.5 Å². The number of hydrogen-bond donors (Lipinski definition) is 1. The zero-order chi connectivity index (χ0) is 12.6. The third-order valence-corrected chi connectivity index (χ3v) is 6.25. The molecule has 7 heteroatoms. The Morgan fingerprint density at radius 2 is 2.28 bits per heavy atom. The summed E-state index contributed by atoms with van der Waals surface area (Å²) in [5.41, 5.74) is 0. The number of hydrogen-bond acceptors (Lipinski definition) is 5. The van der Waals surface area contributed by atoms with Crippen LogP contribution in [-0.2, 0) is 10.0 Å². The summed E-state index contributed by atoms with van der Waals surface area (Å²) in [6, 6.07) is 0.254. The fourth-order valence-corrected chi connectivity index (χ4v) is 4.52. The quantitative estimate of drug-likeness (QED) is 0.884. The van der Waals surface area contributed by atoms with Crippen LogP contribution in [0.4, 0.5) is 5.13 Å². The molecule has 0 amide bonds. The third kappa shape index (κ3) is 2.53. The molecule has 2 fully saturated rings. The highest BCUT2D eigenvalue weighted by Gasteiger charge is 2.36. The molecule has 18 heavy (non-hydrogen) atoms. The van der Waals surface area contributed by atoms with E-state index in [1.165, 1.54) is 0 Å². The molecule has 1 saturated carbocycles. The summed E-state index contributed by atoms with van der Waals surface area (Å²) >= 11 is 1.61. The van der Waals surface area contributed by atoms with Crippen molar-refractivity contribution in [3.8, 4) is 0 Å². The topological polar surface area (TPSA) is 62.3 Å². The van der Waals surface area contributed by atoms with Crippen molar-refractivity contribution in [3.63, 3.8) is 0 Å². The van der Waals surface area contributed by atoms with Crippen LogP contribution in [-0.4, -0.2) is 37.8 Å². The summed E-state index contributed by atoms with van der Waals surface area (Å²) in [5.74, 6) is 0. The second-order valence-corrected chi connectivity index (χ2v) is 7.82.